The van der Waals surface area contributed by atoms with E-state index in [-0.39, 0.29) is 0 Å². The van der Waals surface area contributed by atoms with Crippen molar-refractivity contribution < 1.29 is 4.42 Å². The van der Waals surface area contributed by atoms with Crippen LogP contribution in [0.25, 0.3) is 50.2 Å². The van der Waals surface area contributed by atoms with E-state index in [1.54, 1.807) is 0 Å². The maximum atomic E-state index is 6.07. The number of para-hydroxylation sites is 1. The number of furan rings is 1. The second-order valence-corrected chi connectivity index (χ2v) is 7.54. The molecule has 0 saturated carbocycles. The molecule has 0 bridgehead atoms. The third kappa shape index (κ3) is 2.52. The van der Waals surface area contributed by atoms with Crippen LogP contribution in [0.2, 0.25) is 0 Å². The van der Waals surface area contributed by atoms with Crippen LogP contribution in [0, 0.1) is 13.8 Å². The predicted octanol–water partition coefficient (Wildman–Crippen LogP) is 6.00. The maximum absolute atomic E-state index is 6.07. The van der Waals surface area contributed by atoms with Gasteiger partial charge in [-0.15, -0.1) is 0 Å². The van der Waals surface area contributed by atoms with E-state index < -0.39 is 0 Å². The monoisotopic (exact) mass is 390 g/mol. The van der Waals surface area contributed by atoms with Crippen LogP contribution in [0.15, 0.2) is 77.3 Å². The molecule has 30 heavy (non-hydrogen) atoms. The molecule has 2 aromatic carbocycles. The number of hydrogen-bond donors (Lipinski definition) is 0. The fourth-order valence-electron chi connectivity index (χ4n) is 4.00. The highest BCUT2D eigenvalue weighted by Crippen LogP contribution is 2.33. The number of rotatable bonds is 2. The van der Waals surface area contributed by atoms with E-state index in [9.17, 15) is 0 Å². The van der Waals surface area contributed by atoms with Gasteiger partial charge in [0.2, 0.25) is 5.71 Å². The predicted molar refractivity (Wildman–Crippen MR) is 119 cm³/mol. The Morgan fingerprint density at radius 3 is 2.50 bits per heavy atom. The van der Waals surface area contributed by atoms with Crippen LogP contribution in [-0.4, -0.2) is 19.5 Å². The van der Waals surface area contributed by atoms with Crippen LogP contribution in [0.4, 0.5) is 0 Å². The lowest BCUT2D eigenvalue weighted by atomic mass is 10.1. The largest absolute Gasteiger partial charge is 0.438 e. The molecule has 0 fully saturated rings. The summed E-state index contributed by atoms with van der Waals surface area (Å²) in [6, 6.07) is 22.6. The number of aryl methyl sites for hydroxylation is 2. The van der Waals surface area contributed by atoms with Crippen LogP contribution in [0.5, 0.6) is 0 Å². The Labute approximate surface area is 172 Å². The SMILES string of the molecule is Cc1cc2nc(-c3ccc4c(c3)oc3nc(C)ccc34)n(-c3ccccc3)c2cn1. The van der Waals surface area contributed by atoms with E-state index in [4.69, 9.17) is 9.40 Å². The lowest BCUT2D eigenvalue weighted by molar-refractivity contribution is 0.652. The summed E-state index contributed by atoms with van der Waals surface area (Å²) in [5.74, 6) is 0.857. The van der Waals surface area contributed by atoms with Crippen LogP contribution in [-0.2, 0) is 0 Å². The zero-order valence-electron chi connectivity index (χ0n) is 16.6. The van der Waals surface area contributed by atoms with E-state index in [2.05, 4.69) is 44.9 Å². The molecule has 5 nitrogen and oxygen atoms in total. The van der Waals surface area contributed by atoms with Crippen LogP contribution in [0.1, 0.15) is 11.4 Å². The highest BCUT2D eigenvalue weighted by atomic mass is 16.3. The maximum Gasteiger partial charge on any atom is 0.227 e. The number of aromatic nitrogens is 4. The molecule has 144 valence electrons. The third-order valence-corrected chi connectivity index (χ3v) is 5.43. The Morgan fingerprint density at radius 1 is 0.800 bits per heavy atom. The van der Waals surface area contributed by atoms with Gasteiger partial charge in [-0.25, -0.2) is 9.97 Å². The quantitative estimate of drug-likeness (QED) is 0.364. The molecule has 6 aromatic rings. The van der Waals surface area contributed by atoms with Crippen LogP contribution in [0.3, 0.4) is 0 Å². The lowest BCUT2D eigenvalue weighted by Crippen LogP contribution is -1.97. The minimum Gasteiger partial charge on any atom is -0.438 e. The lowest BCUT2D eigenvalue weighted by Gasteiger charge is -2.09. The van der Waals surface area contributed by atoms with Gasteiger partial charge < -0.3 is 4.42 Å². The van der Waals surface area contributed by atoms with Gasteiger partial charge in [0, 0.05) is 33.4 Å². The van der Waals surface area contributed by atoms with Gasteiger partial charge in [0.25, 0.3) is 0 Å². The Kier molecular flexibility index (Phi) is 3.53. The molecule has 0 amide bonds. The van der Waals surface area contributed by atoms with Gasteiger partial charge in [-0.1, -0.05) is 24.3 Å². The molecule has 4 heterocycles. The molecule has 0 atom stereocenters. The second kappa shape index (κ2) is 6.26. The van der Waals surface area contributed by atoms with Crippen LogP contribution >= 0.6 is 0 Å². The van der Waals surface area contributed by atoms with Crippen molar-refractivity contribution in [3.8, 4) is 17.1 Å². The molecule has 0 aliphatic rings. The summed E-state index contributed by atoms with van der Waals surface area (Å²) in [6.45, 7) is 3.95. The Hall–Kier alpha value is -3.99. The van der Waals surface area contributed by atoms with Gasteiger partial charge in [-0.3, -0.25) is 9.55 Å². The molecule has 0 unspecified atom stereocenters. The molecule has 6 rings (SSSR count). The number of benzene rings is 2. The van der Waals surface area contributed by atoms with Crippen molar-refractivity contribution in [2.24, 2.45) is 0 Å². The number of hydrogen-bond acceptors (Lipinski definition) is 4. The van der Waals surface area contributed by atoms with Crippen molar-refractivity contribution in [2.45, 2.75) is 13.8 Å². The van der Waals surface area contributed by atoms with Gasteiger partial charge in [-0.05, 0) is 56.3 Å². The molecule has 0 saturated heterocycles. The minimum atomic E-state index is 0.665. The molecule has 0 spiro atoms. The molecule has 0 N–H and O–H groups in total. The van der Waals surface area contributed by atoms with Crippen molar-refractivity contribution >= 4 is 33.1 Å². The fourth-order valence-corrected chi connectivity index (χ4v) is 4.00. The van der Waals surface area contributed by atoms with E-state index >= 15 is 0 Å². The Morgan fingerprint density at radius 2 is 1.63 bits per heavy atom. The van der Waals surface area contributed by atoms with Crippen molar-refractivity contribution in [2.75, 3.05) is 0 Å². The first-order chi connectivity index (χ1) is 14.7. The summed E-state index contributed by atoms with van der Waals surface area (Å²) in [7, 11) is 0. The van der Waals surface area contributed by atoms with Crippen molar-refractivity contribution in [3.05, 3.63) is 84.3 Å². The number of nitrogens with zero attached hydrogens (tertiary/aromatic N) is 4. The van der Waals surface area contributed by atoms with Gasteiger partial charge in [0.05, 0.1) is 17.2 Å². The van der Waals surface area contributed by atoms with Crippen molar-refractivity contribution in [3.63, 3.8) is 0 Å². The summed E-state index contributed by atoms with van der Waals surface area (Å²) in [6.07, 6.45) is 1.89. The first kappa shape index (κ1) is 16.9. The van der Waals surface area contributed by atoms with E-state index in [0.717, 1.165) is 55.9 Å². The van der Waals surface area contributed by atoms with Crippen LogP contribution < -0.4 is 0 Å². The molecular formula is C25H18N4O. The van der Waals surface area contributed by atoms with E-state index in [1.165, 1.54) is 0 Å². The highest BCUT2D eigenvalue weighted by Gasteiger charge is 2.17. The summed E-state index contributed by atoms with van der Waals surface area (Å²) in [5.41, 5.74) is 7.28. The van der Waals surface area contributed by atoms with E-state index in [1.807, 2.05) is 56.4 Å². The number of fused-ring (bicyclic) bond motifs is 4. The van der Waals surface area contributed by atoms with Gasteiger partial charge >= 0.3 is 0 Å². The normalized spacial score (nSPS) is 11.7. The van der Waals surface area contributed by atoms with Crippen molar-refractivity contribution in [1.82, 2.24) is 19.5 Å². The summed E-state index contributed by atoms with van der Waals surface area (Å²) in [4.78, 5) is 14.0. The summed E-state index contributed by atoms with van der Waals surface area (Å²) < 4.78 is 8.22. The minimum absolute atomic E-state index is 0.665. The topological polar surface area (TPSA) is 56.7 Å². The zero-order chi connectivity index (χ0) is 20.2. The van der Waals surface area contributed by atoms with E-state index in [0.29, 0.717) is 5.71 Å². The van der Waals surface area contributed by atoms with Crippen molar-refractivity contribution in [1.29, 1.82) is 0 Å². The van der Waals surface area contributed by atoms with Gasteiger partial charge in [-0.2, -0.15) is 0 Å². The average molecular weight is 390 g/mol. The molecule has 5 heteroatoms. The smallest absolute Gasteiger partial charge is 0.227 e. The molecular weight excluding hydrogens is 372 g/mol. The zero-order valence-corrected chi connectivity index (χ0v) is 16.6. The second-order valence-electron chi connectivity index (χ2n) is 7.54. The number of pyridine rings is 2. The number of imidazole rings is 1. The van der Waals surface area contributed by atoms with Gasteiger partial charge in [0.1, 0.15) is 11.4 Å². The average Bonchev–Trinajstić information content (AvgIpc) is 3.30. The first-order valence-electron chi connectivity index (χ1n) is 9.88. The fraction of sp³-hybridized carbons (Fsp3) is 0.0800. The molecule has 0 aliphatic carbocycles. The van der Waals surface area contributed by atoms with Gasteiger partial charge in [0.15, 0.2) is 0 Å². The summed E-state index contributed by atoms with van der Waals surface area (Å²) >= 11 is 0. The molecule has 0 radical (unpaired) electrons. The molecule has 0 aliphatic heterocycles. The third-order valence-electron chi connectivity index (χ3n) is 5.43. The molecule has 4 aromatic heterocycles. The first-order valence-corrected chi connectivity index (χ1v) is 9.88. The summed E-state index contributed by atoms with van der Waals surface area (Å²) in [5, 5.41) is 2.08. The standard InChI is InChI=1S/C25H18N4O/c1-15-8-10-20-19-11-9-17(13-23(19)30-25(20)27-15)24-28-21-12-16(2)26-14-22(21)29(24)18-6-4-3-5-7-18/h3-14H,1-2H3. The Balaban J connectivity index is 1.64. The highest BCUT2D eigenvalue weighted by molar-refractivity contribution is 6.04. The Bertz CT molecular complexity index is 1560.